The Labute approximate surface area is 93.3 Å². The van der Waals surface area contributed by atoms with E-state index < -0.39 is 0 Å². The lowest BCUT2D eigenvalue weighted by Crippen LogP contribution is -1.96. The maximum absolute atomic E-state index is 10.8. The van der Waals surface area contributed by atoms with Crippen LogP contribution in [0.15, 0.2) is 17.5 Å². The maximum Gasteiger partial charge on any atom is 0.309 e. The van der Waals surface area contributed by atoms with Gasteiger partial charge in [-0.3, -0.25) is 4.79 Å². The summed E-state index contributed by atoms with van der Waals surface area (Å²) < 4.78 is 9.54. The van der Waals surface area contributed by atoms with Gasteiger partial charge in [0.1, 0.15) is 0 Å². The number of methoxy groups -OCH3 is 2. The summed E-state index contributed by atoms with van der Waals surface area (Å²) in [5.74, 6) is -0.224. The molecule has 1 heterocycles. The third-order valence-corrected chi connectivity index (χ3v) is 2.71. The fourth-order valence-corrected chi connectivity index (χ4v) is 1.90. The van der Waals surface area contributed by atoms with Crippen molar-refractivity contribution in [3.63, 3.8) is 0 Å². The van der Waals surface area contributed by atoms with Crippen LogP contribution in [0, 0.1) is 0 Å². The van der Waals surface area contributed by atoms with Crippen molar-refractivity contribution < 1.29 is 14.3 Å². The van der Waals surface area contributed by atoms with Crippen molar-refractivity contribution in [1.29, 1.82) is 0 Å². The van der Waals surface area contributed by atoms with Crippen molar-refractivity contribution in [3.05, 3.63) is 28.0 Å². The van der Waals surface area contributed by atoms with Gasteiger partial charge in [-0.15, -0.1) is 11.3 Å². The van der Waals surface area contributed by atoms with E-state index in [1.54, 1.807) is 24.5 Å². The molecule has 82 valence electrons. The van der Waals surface area contributed by atoms with Crippen molar-refractivity contribution in [3.8, 4) is 0 Å². The first-order chi connectivity index (χ1) is 7.26. The Morgan fingerprint density at radius 2 is 2.33 bits per heavy atom. The monoisotopic (exact) mass is 226 g/mol. The van der Waals surface area contributed by atoms with Crippen LogP contribution in [0.25, 0.3) is 6.08 Å². The molecule has 0 amide bonds. The molecule has 3 nitrogen and oxygen atoms in total. The van der Waals surface area contributed by atoms with Crippen molar-refractivity contribution in [1.82, 2.24) is 0 Å². The zero-order chi connectivity index (χ0) is 11.1. The van der Waals surface area contributed by atoms with Crippen LogP contribution < -0.4 is 0 Å². The summed E-state index contributed by atoms with van der Waals surface area (Å²) in [4.78, 5) is 12.0. The molecular weight excluding hydrogens is 212 g/mol. The average Bonchev–Trinajstić information content (AvgIpc) is 2.66. The van der Waals surface area contributed by atoms with Crippen LogP contribution in [0.1, 0.15) is 16.9 Å². The van der Waals surface area contributed by atoms with E-state index in [1.165, 1.54) is 12.0 Å². The lowest BCUT2D eigenvalue weighted by Gasteiger charge is -1.91. The van der Waals surface area contributed by atoms with Crippen LogP contribution in [-0.4, -0.2) is 20.2 Å². The van der Waals surface area contributed by atoms with E-state index in [9.17, 15) is 4.79 Å². The van der Waals surface area contributed by atoms with Gasteiger partial charge in [-0.25, -0.2) is 0 Å². The van der Waals surface area contributed by atoms with Gasteiger partial charge < -0.3 is 9.47 Å². The minimum absolute atomic E-state index is 0.224. The van der Waals surface area contributed by atoms with E-state index in [0.717, 1.165) is 5.56 Å². The summed E-state index contributed by atoms with van der Waals surface area (Å²) in [6.45, 7) is 0.634. The zero-order valence-electron chi connectivity index (χ0n) is 8.86. The molecule has 0 aliphatic rings. The predicted octanol–water partition coefficient (Wildman–Crippen LogP) is 2.47. The van der Waals surface area contributed by atoms with Crippen molar-refractivity contribution in [2.75, 3.05) is 14.2 Å². The van der Waals surface area contributed by atoms with Crippen molar-refractivity contribution in [2.24, 2.45) is 0 Å². The highest BCUT2D eigenvalue weighted by atomic mass is 32.1. The Balaban J connectivity index is 2.46. The first-order valence-corrected chi connectivity index (χ1v) is 5.44. The van der Waals surface area contributed by atoms with Crippen LogP contribution in [0.5, 0.6) is 0 Å². The first-order valence-electron chi connectivity index (χ1n) is 4.56. The fraction of sp³-hybridized carbons (Fsp3) is 0.364. The summed E-state index contributed by atoms with van der Waals surface area (Å²) in [5, 5.41) is 2.03. The molecule has 0 saturated heterocycles. The topological polar surface area (TPSA) is 35.5 Å². The smallest absolute Gasteiger partial charge is 0.309 e. The molecule has 0 aromatic carbocycles. The summed E-state index contributed by atoms with van der Waals surface area (Å²) in [5.41, 5.74) is 1.09. The Kier molecular flexibility index (Phi) is 5.07. The van der Waals surface area contributed by atoms with Crippen LogP contribution in [0.4, 0.5) is 0 Å². The molecule has 0 unspecified atom stereocenters. The molecule has 1 aromatic heterocycles. The fourth-order valence-electron chi connectivity index (χ4n) is 1.08. The van der Waals surface area contributed by atoms with E-state index >= 15 is 0 Å². The van der Waals surface area contributed by atoms with Crippen molar-refractivity contribution >= 4 is 23.4 Å². The molecule has 1 aromatic rings. The first kappa shape index (κ1) is 11.9. The average molecular weight is 226 g/mol. The van der Waals surface area contributed by atoms with Gasteiger partial charge in [0.2, 0.25) is 0 Å². The SMILES string of the molecule is COCc1cc(C=CCC(=O)OC)cs1. The van der Waals surface area contributed by atoms with E-state index in [1.807, 2.05) is 17.5 Å². The molecule has 0 aliphatic carbocycles. The molecule has 15 heavy (non-hydrogen) atoms. The van der Waals surface area contributed by atoms with E-state index in [0.29, 0.717) is 13.0 Å². The predicted molar refractivity (Wildman–Crippen MR) is 60.7 cm³/mol. The molecule has 0 N–H and O–H groups in total. The van der Waals surface area contributed by atoms with Crippen LogP contribution >= 0.6 is 11.3 Å². The number of hydrogen-bond acceptors (Lipinski definition) is 4. The van der Waals surface area contributed by atoms with Gasteiger partial charge in [0.05, 0.1) is 20.1 Å². The number of carbonyl (C=O) groups excluding carboxylic acids is 1. The molecule has 0 atom stereocenters. The Hall–Kier alpha value is -1.13. The van der Waals surface area contributed by atoms with Gasteiger partial charge in [-0.05, 0) is 17.0 Å². The third-order valence-electron chi connectivity index (χ3n) is 1.78. The highest BCUT2D eigenvalue weighted by Crippen LogP contribution is 2.16. The van der Waals surface area contributed by atoms with Gasteiger partial charge in [-0.2, -0.15) is 0 Å². The summed E-state index contributed by atoms with van der Waals surface area (Å²) in [7, 11) is 3.06. The summed E-state index contributed by atoms with van der Waals surface area (Å²) in [6, 6.07) is 2.04. The third kappa shape index (κ3) is 4.27. The quantitative estimate of drug-likeness (QED) is 0.723. The molecule has 1 rings (SSSR count). The summed E-state index contributed by atoms with van der Waals surface area (Å²) in [6.07, 6.45) is 4.02. The van der Waals surface area contributed by atoms with Crippen LogP contribution in [-0.2, 0) is 20.9 Å². The molecule has 0 spiro atoms. The van der Waals surface area contributed by atoms with Crippen LogP contribution in [0.2, 0.25) is 0 Å². The van der Waals surface area contributed by atoms with Gasteiger partial charge >= 0.3 is 5.97 Å². The largest absolute Gasteiger partial charge is 0.469 e. The molecule has 0 fully saturated rings. The van der Waals surface area contributed by atoms with E-state index in [2.05, 4.69) is 4.74 Å². The molecule has 0 saturated carbocycles. The Morgan fingerprint density at radius 3 is 3.00 bits per heavy atom. The highest BCUT2D eigenvalue weighted by molar-refractivity contribution is 7.10. The maximum atomic E-state index is 10.8. The number of rotatable bonds is 5. The van der Waals surface area contributed by atoms with Gasteiger partial charge in [0.15, 0.2) is 0 Å². The minimum atomic E-state index is -0.224. The van der Waals surface area contributed by atoms with E-state index in [4.69, 9.17) is 4.74 Å². The Bertz CT molecular complexity index is 341. The van der Waals surface area contributed by atoms with Gasteiger partial charge in [0, 0.05) is 12.0 Å². The number of carbonyl (C=O) groups is 1. The minimum Gasteiger partial charge on any atom is -0.469 e. The van der Waals surface area contributed by atoms with Gasteiger partial charge in [0.25, 0.3) is 0 Å². The molecule has 4 heteroatoms. The lowest BCUT2D eigenvalue weighted by molar-refractivity contribution is -0.139. The number of ether oxygens (including phenoxy) is 2. The van der Waals surface area contributed by atoms with Crippen molar-refractivity contribution in [2.45, 2.75) is 13.0 Å². The molecule has 0 aliphatic heterocycles. The second-order valence-corrected chi connectivity index (χ2v) is 3.96. The molecule has 0 radical (unpaired) electrons. The molecule has 0 bridgehead atoms. The number of esters is 1. The van der Waals surface area contributed by atoms with E-state index in [-0.39, 0.29) is 5.97 Å². The Morgan fingerprint density at radius 1 is 1.53 bits per heavy atom. The lowest BCUT2D eigenvalue weighted by atomic mass is 10.2. The molecular formula is C11H14O3S. The normalized spacial score (nSPS) is 10.8. The van der Waals surface area contributed by atoms with Crippen LogP contribution in [0.3, 0.4) is 0 Å². The second kappa shape index (κ2) is 6.37. The standard InChI is InChI=1S/C11H14O3S/c1-13-7-10-6-9(8-15-10)4-3-5-11(12)14-2/h3-4,6,8H,5,7H2,1-2H3. The zero-order valence-corrected chi connectivity index (χ0v) is 9.67. The number of hydrogen-bond donors (Lipinski definition) is 0. The number of thiophene rings is 1. The highest BCUT2D eigenvalue weighted by Gasteiger charge is 1.97. The summed E-state index contributed by atoms with van der Waals surface area (Å²) >= 11 is 1.65. The van der Waals surface area contributed by atoms with Gasteiger partial charge in [-0.1, -0.05) is 12.2 Å². The second-order valence-electron chi connectivity index (χ2n) is 2.96.